The van der Waals surface area contributed by atoms with Crippen LogP contribution in [-0.2, 0) is 9.53 Å². The highest BCUT2D eigenvalue weighted by molar-refractivity contribution is 14.0. The number of ether oxygens (including phenoxy) is 1. The third kappa shape index (κ3) is 6.10. The van der Waals surface area contributed by atoms with Gasteiger partial charge in [0, 0.05) is 19.6 Å². The van der Waals surface area contributed by atoms with Crippen molar-refractivity contribution < 1.29 is 13.9 Å². The second-order valence-corrected chi connectivity index (χ2v) is 6.96. The Morgan fingerprint density at radius 3 is 2.64 bits per heavy atom. The zero-order valence-corrected chi connectivity index (χ0v) is 20.0. The number of carbonyl (C=O) groups is 1. The molecule has 1 aliphatic heterocycles. The lowest BCUT2D eigenvalue weighted by molar-refractivity contribution is -0.145. The molecular formula is C20H35IN4O3. The molecular weight excluding hydrogens is 471 g/mol. The summed E-state index contributed by atoms with van der Waals surface area (Å²) in [5, 5.41) is 3.37. The number of guanidine groups is 1. The summed E-state index contributed by atoms with van der Waals surface area (Å²) in [5.41, 5.74) is 0. The molecule has 0 aliphatic carbocycles. The number of hydrogen-bond acceptors (Lipinski definition) is 5. The van der Waals surface area contributed by atoms with E-state index < -0.39 is 0 Å². The maximum atomic E-state index is 12.0. The van der Waals surface area contributed by atoms with Gasteiger partial charge in [-0.1, -0.05) is 20.8 Å². The fourth-order valence-electron chi connectivity index (χ4n) is 3.73. The summed E-state index contributed by atoms with van der Waals surface area (Å²) in [6.07, 6.45) is 1.71. The molecule has 7 nitrogen and oxygen atoms in total. The van der Waals surface area contributed by atoms with Crippen molar-refractivity contribution in [1.29, 1.82) is 0 Å². The van der Waals surface area contributed by atoms with Crippen molar-refractivity contribution in [2.75, 3.05) is 46.4 Å². The first kappa shape index (κ1) is 24.7. The van der Waals surface area contributed by atoms with Gasteiger partial charge < -0.3 is 19.4 Å². The second kappa shape index (κ2) is 12.3. The van der Waals surface area contributed by atoms with Crippen LogP contribution in [0.2, 0.25) is 0 Å². The van der Waals surface area contributed by atoms with E-state index in [4.69, 9.17) is 14.1 Å². The molecule has 0 spiro atoms. The van der Waals surface area contributed by atoms with Gasteiger partial charge in [0.15, 0.2) is 5.96 Å². The van der Waals surface area contributed by atoms with Crippen LogP contribution in [-0.4, -0.2) is 68.1 Å². The topological polar surface area (TPSA) is 70.3 Å². The van der Waals surface area contributed by atoms with E-state index in [1.165, 1.54) is 7.11 Å². The molecule has 0 aromatic carbocycles. The van der Waals surface area contributed by atoms with E-state index in [0.717, 1.165) is 37.9 Å². The molecule has 3 unspecified atom stereocenters. The van der Waals surface area contributed by atoms with Crippen LogP contribution in [0.5, 0.6) is 0 Å². The number of likely N-dealkylation sites (tertiary alicyclic amines) is 1. The van der Waals surface area contributed by atoms with Gasteiger partial charge in [-0.05, 0) is 38.1 Å². The van der Waals surface area contributed by atoms with E-state index in [0.29, 0.717) is 13.1 Å². The highest BCUT2D eigenvalue weighted by Crippen LogP contribution is 2.25. The molecule has 160 valence electrons. The average molecular weight is 506 g/mol. The molecule has 0 amide bonds. The number of methoxy groups -OCH3 is 1. The van der Waals surface area contributed by atoms with Crippen LogP contribution in [0.15, 0.2) is 27.8 Å². The molecule has 1 aliphatic rings. The van der Waals surface area contributed by atoms with Crippen LogP contribution < -0.4 is 5.32 Å². The third-order valence-corrected chi connectivity index (χ3v) is 5.29. The first-order valence-corrected chi connectivity index (χ1v) is 9.94. The summed E-state index contributed by atoms with van der Waals surface area (Å²) in [6.45, 7) is 13.1. The fourth-order valence-corrected chi connectivity index (χ4v) is 3.73. The Morgan fingerprint density at radius 1 is 1.39 bits per heavy atom. The molecule has 3 atom stereocenters. The predicted octanol–water partition coefficient (Wildman–Crippen LogP) is 2.99. The van der Waals surface area contributed by atoms with Crippen LogP contribution in [0.4, 0.5) is 0 Å². The largest absolute Gasteiger partial charge is 0.469 e. The van der Waals surface area contributed by atoms with Gasteiger partial charge in [0.2, 0.25) is 0 Å². The fraction of sp³-hybridized carbons (Fsp3) is 0.700. The van der Waals surface area contributed by atoms with Crippen molar-refractivity contribution in [3.8, 4) is 0 Å². The van der Waals surface area contributed by atoms with Crippen molar-refractivity contribution in [3.63, 3.8) is 0 Å². The van der Waals surface area contributed by atoms with Gasteiger partial charge in [-0.15, -0.1) is 24.0 Å². The smallest absolute Gasteiger partial charge is 0.310 e. The molecule has 1 aromatic rings. The van der Waals surface area contributed by atoms with Crippen molar-refractivity contribution in [2.24, 2.45) is 16.8 Å². The van der Waals surface area contributed by atoms with E-state index in [2.05, 4.69) is 42.8 Å². The first-order valence-electron chi connectivity index (χ1n) is 9.94. The normalized spacial score (nSPS) is 20.8. The van der Waals surface area contributed by atoms with Crippen LogP contribution in [0.3, 0.4) is 0 Å². The number of rotatable bonds is 8. The van der Waals surface area contributed by atoms with Gasteiger partial charge in [-0.3, -0.25) is 14.7 Å². The van der Waals surface area contributed by atoms with Gasteiger partial charge in [0.1, 0.15) is 5.76 Å². The van der Waals surface area contributed by atoms with E-state index in [1.807, 2.05) is 12.1 Å². The monoisotopic (exact) mass is 506 g/mol. The van der Waals surface area contributed by atoms with Gasteiger partial charge in [0.05, 0.1) is 31.9 Å². The highest BCUT2D eigenvalue weighted by atomic mass is 127. The lowest BCUT2D eigenvalue weighted by Crippen LogP contribution is -2.41. The highest BCUT2D eigenvalue weighted by Gasteiger charge is 2.37. The molecule has 0 bridgehead atoms. The summed E-state index contributed by atoms with van der Waals surface area (Å²) in [6, 6.07) is 4.03. The molecule has 2 rings (SSSR count). The van der Waals surface area contributed by atoms with E-state index in [1.54, 1.807) is 6.26 Å². The Morgan fingerprint density at radius 2 is 2.11 bits per heavy atom. The Hall–Kier alpha value is -1.29. The van der Waals surface area contributed by atoms with Crippen LogP contribution >= 0.6 is 24.0 Å². The minimum absolute atomic E-state index is 0. The number of furan rings is 1. The molecule has 1 N–H and O–H groups in total. The Balaban J connectivity index is 0.00000392. The van der Waals surface area contributed by atoms with Gasteiger partial charge in [-0.2, -0.15) is 0 Å². The quantitative estimate of drug-likeness (QED) is 0.253. The SMILES string of the molecule is CCNC(=NCC(c1ccco1)N(CC)CC)N1CC(C)C(C(=O)OC)C1.I. The Labute approximate surface area is 185 Å². The summed E-state index contributed by atoms with van der Waals surface area (Å²) in [4.78, 5) is 21.4. The Bertz CT molecular complexity index is 605. The van der Waals surface area contributed by atoms with E-state index >= 15 is 0 Å². The number of halogens is 1. The summed E-state index contributed by atoms with van der Waals surface area (Å²) >= 11 is 0. The molecule has 1 fully saturated rings. The molecule has 28 heavy (non-hydrogen) atoms. The van der Waals surface area contributed by atoms with Crippen molar-refractivity contribution in [1.82, 2.24) is 15.1 Å². The predicted molar refractivity (Wildman–Crippen MR) is 122 cm³/mol. The zero-order chi connectivity index (χ0) is 19.8. The lowest BCUT2D eigenvalue weighted by Gasteiger charge is -2.28. The molecule has 2 heterocycles. The van der Waals surface area contributed by atoms with Gasteiger partial charge >= 0.3 is 5.97 Å². The molecule has 1 aromatic heterocycles. The maximum Gasteiger partial charge on any atom is 0.310 e. The first-order chi connectivity index (χ1) is 13.0. The molecule has 0 radical (unpaired) electrons. The van der Waals surface area contributed by atoms with Crippen LogP contribution in [0, 0.1) is 11.8 Å². The number of hydrogen-bond donors (Lipinski definition) is 1. The lowest BCUT2D eigenvalue weighted by atomic mass is 9.99. The number of carbonyl (C=O) groups excluding carboxylic acids is 1. The number of aliphatic imine (C=N–C) groups is 1. The van der Waals surface area contributed by atoms with Gasteiger partial charge in [-0.25, -0.2) is 0 Å². The van der Waals surface area contributed by atoms with Crippen molar-refractivity contribution in [3.05, 3.63) is 24.2 Å². The van der Waals surface area contributed by atoms with Crippen LogP contribution in [0.1, 0.15) is 39.5 Å². The van der Waals surface area contributed by atoms with Gasteiger partial charge in [0.25, 0.3) is 0 Å². The third-order valence-electron chi connectivity index (χ3n) is 5.29. The summed E-state index contributed by atoms with van der Waals surface area (Å²) in [5.74, 6) is 1.77. The average Bonchev–Trinajstić information content (AvgIpc) is 3.33. The second-order valence-electron chi connectivity index (χ2n) is 6.96. The van der Waals surface area contributed by atoms with E-state index in [-0.39, 0.29) is 47.8 Å². The zero-order valence-electron chi connectivity index (χ0n) is 17.7. The minimum atomic E-state index is -0.141. The maximum absolute atomic E-state index is 12.0. The number of nitrogens with zero attached hydrogens (tertiary/aromatic N) is 3. The van der Waals surface area contributed by atoms with Crippen molar-refractivity contribution in [2.45, 2.75) is 33.7 Å². The minimum Gasteiger partial charge on any atom is -0.469 e. The molecule has 0 saturated carbocycles. The summed E-state index contributed by atoms with van der Waals surface area (Å²) < 4.78 is 10.6. The van der Waals surface area contributed by atoms with E-state index in [9.17, 15) is 4.79 Å². The molecule has 8 heteroatoms. The number of nitrogens with one attached hydrogen (secondary N) is 1. The standard InChI is InChI=1S/C20H34N4O3.HI/c1-6-21-20(24-13-15(4)16(14-24)19(25)26-5)22-12-17(23(7-2)8-3)18-10-9-11-27-18;/h9-11,15-17H,6-8,12-14H2,1-5H3,(H,21,22);1H. The van der Waals surface area contributed by atoms with Crippen LogP contribution in [0.25, 0.3) is 0 Å². The Kier molecular flexibility index (Phi) is 10.9. The van der Waals surface area contributed by atoms with Crippen molar-refractivity contribution >= 4 is 35.9 Å². The summed E-state index contributed by atoms with van der Waals surface area (Å²) in [7, 11) is 1.45. The number of likely N-dealkylation sites (N-methyl/N-ethyl adjacent to an activating group) is 1. The number of esters is 1. The molecule has 1 saturated heterocycles.